The van der Waals surface area contributed by atoms with Crippen LogP contribution in [0.25, 0.3) is 0 Å². The molecule has 0 fully saturated rings. The summed E-state index contributed by atoms with van der Waals surface area (Å²) in [6.07, 6.45) is 0.440. The molecule has 1 rings (SSSR count). The van der Waals surface area contributed by atoms with Crippen molar-refractivity contribution < 1.29 is 14.3 Å². The Kier molecular flexibility index (Phi) is 6.72. The molecule has 1 aromatic rings. The number of rotatable bonds is 7. The number of ether oxygens (including phenoxy) is 1. The summed E-state index contributed by atoms with van der Waals surface area (Å²) >= 11 is 0. The molecule has 1 amide bonds. The van der Waals surface area contributed by atoms with E-state index in [4.69, 9.17) is 4.74 Å². The fraction of sp³-hybridized carbons (Fsp3) is 0.500. The molecular formula is C16H24N2O3. The Morgan fingerprint density at radius 3 is 2.48 bits per heavy atom. The van der Waals surface area contributed by atoms with Crippen molar-refractivity contribution >= 4 is 23.3 Å². The Labute approximate surface area is 126 Å². The van der Waals surface area contributed by atoms with E-state index in [1.54, 1.807) is 25.1 Å². The Morgan fingerprint density at radius 2 is 1.90 bits per heavy atom. The molecule has 0 aliphatic rings. The van der Waals surface area contributed by atoms with E-state index in [-0.39, 0.29) is 17.8 Å². The van der Waals surface area contributed by atoms with Gasteiger partial charge in [0.25, 0.3) is 0 Å². The molecule has 5 nitrogen and oxygen atoms in total. The van der Waals surface area contributed by atoms with Gasteiger partial charge in [-0.05, 0) is 38.0 Å². The SMILES string of the molecule is CCNc1ccc(C(=O)OCC)cc1NC(=O)CC(C)C. The van der Waals surface area contributed by atoms with Gasteiger partial charge in [-0.1, -0.05) is 13.8 Å². The van der Waals surface area contributed by atoms with E-state index in [1.165, 1.54) is 0 Å². The van der Waals surface area contributed by atoms with Crippen LogP contribution in [0.15, 0.2) is 18.2 Å². The van der Waals surface area contributed by atoms with E-state index in [0.717, 1.165) is 12.2 Å². The van der Waals surface area contributed by atoms with E-state index in [9.17, 15) is 9.59 Å². The third-order valence-electron chi connectivity index (χ3n) is 2.77. The molecule has 0 aromatic heterocycles. The van der Waals surface area contributed by atoms with Crippen molar-refractivity contribution in [3.05, 3.63) is 23.8 Å². The number of benzene rings is 1. The van der Waals surface area contributed by atoms with Crippen molar-refractivity contribution in [2.24, 2.45) is 5.92 Å². The lowest BCUT2D eigenvalue weighted by Gasteiger charge is -2.14. The lowest BCUT2D eigenvalue weighted by molar-refractivity contribution is -0.116. The minimum absolute atomic E-state index is 0.0647. The number of hydrogen-bond acceptors (Lipinski definition) is 4. The first-order valence-corrected chi connectivity index (χ1v) is 7.32. The predicted octanol–water partition coefficient (Wildman–Crippen LogP) is 3.28. The normalized spacial score (nSPS) is 10.3. The summed E-state index contributed by atoms with van der Waals surface area (Å²) in [5.41, 5.74) is 1.83. The van der Waals surface area contributed by atoms with Crippen LogP contribution in [-0.2, 0) is 9.53 Å². The zero-order valence-corrected chi connectivity index (χ0v) is 13.2. The third-order valence-corrected chi connectivity index (χ3v) is 2.77. The third kappa shape index (κ3) is 5.45. The highest BCUT2D eigenvalue weighted by Gasteiger charge is 2.13. The van der Waals surface area contributed by atoms with Crippen LogP contribution in [0, 0.1) is 5.92 Å². The largest absolute Gasteiger partial charge is 0.462 e. The quantitative estimate of drug-likeness (QED) is 0.757. The van der Waals surface area contributed by atoms with Gasteiger partial charge in [-0.2, -0.15) is 0 Å². The van der Waals surface area contributed by atoms with Crippen LogP contribution in [0.4, 0.5) is 11.4 Å². The highest BCUT2D eigenvalue weighted by atomic mass is 16.5. The summed E-state index contributed by atoms with van der Waals surface area (Å²) in [5, 5.41) is 6.02. The van der Waals surface area contributed by atoms with Crippen LogP contribution in [0.3, 0.4) is 0 Å². The maximum atomic E-state index is 11.9. The van der Waals surface area contributed by atoms with Crippen molar-refractivity contribution in [1.82, 2.24) is 0 Å². The average molecular weight is 292 g/mol. The molecule has 1 aromatic carbocycles. The molecule has 0 radical (unpaired) electrons. The summed E-state index contributed by atoms with van der Waals surface area (Å²) in [5.74, 6) is -0.175. The lowest BCUT2D eigenvalue weighted by atomic mass is 10.1. The van der Waals surface area contributed by atoms with Gasteiger partial charge in [-0.15, -0.1) is 0 Å². The molecule has 0 atom stereocenters. The first-order valence-electron chi connectivity index (χ1n) is 7.32. The van der Waals surface area contributed by atoms with Gasteiger partial charge in [0.1, 0.15) is 0 Å². The van der Waals surface area contributed by atoms with E-state index in [0.29, 0.717) is 24.3 Å². The summed E-state index contributed by atoms with van der Waals surface area (Å²) in [7, 11) is 0. The molecule has 0 unspecified atom stereocenters. The fourth-order valence-electron chi connectivity index (χ4n) is 1.91. The second-order valence-corrected chi connectivity index (χ2v) is 5.16. The van der Waals surface area contributed by atoms with E-state index in [2.05, 4.69) is 10.6 Å². The zero-order chi connectivity index (χ0) is 15.8. The molecule has 5 heteroatoms. The van der Waals surface area contributed by atoms with Gasteiger partial charge in [-0.3, -0.25) is 4.79 Å². The molecule has 0 bridgehead atoms. The first kappa shape index (κ1) is 17.0. The summed E-state index contributed by atoms with van der Waals surface area (Å²) in [6, 6.07) is 5.11. The average Bonchev–Trinajstić information content (AvgIpc) is 2.40. The number of hydrogen-bond donors (Lipinski definition) is 2. The topological polar surface area (TPSA) is 67.4 Å². The molecule has 21 heavy (non-hydrogen) atoms. The summed E-state index contributed by atoms with van der Waals surface area (Å²) < 4.78 is 4.98. The van der Waals surface area contributed by atoms with Crippen LogP contribution in [0.5, 0.6) is 0 Å². The van der Waals surface area contributed by atoms with Gasteiger partial charge in [0.2, 0.25) is 5.91 Å². The molecule has 0 aliphatic carbocycles. The Balaban J connectivity index is 2.98. The van der Waals surface area contributed by atoms with Gasteiger partial charge in [0, 0.05) is 13.0 Å². The predicted molar refractivity (Wildman–Crippen MR) is 84.6 cm³/mol. The summed E-state index contributed by atoms with van der Waals surface area (Å²) in [6.45, 7) is 8.75. The van der Waals surface area contributed by atoms with E-state index in [1.807, 2.05) is 20.8 Å². The number of carbonyl (C=O) groups excluding carboxylic acids is 2. The van der Waals surface area contributed by atoms with Crippen molar-refractivity contribution in [3.8, 4) is 0 Å². The molecule has 116 valence electrons. The monoisotopic (exact) mass is 292 g/mol. The van der Waals surface area contributed by atoms with Gasteiger partial charge in [-0.25, -0.2) is 4.79 Å². The van der Waals surface area contributed by atoms with Crippen molar-refractivity contribution in [3.63, 3.8) is 0 Å². The minimum atomic E-state index is -0.389. The van der Waals surface area contributed by atoms with Crippen LogP contribution in [-0.4, -0.2) is 25.0 Å². The van der Waals surface area contributed by atoms with Crippen molar-refractivity contribution in [2.75, 3.05) is 23.8 Å². The maximum Gasteiger partial charge on any atom is 0.338 e. The Bertz CT molecular complexity index is 498. The van der Waals surface area contributed by atoms with Gasteiger partial charge < -0.3 is 15.4 Å². The number of anilines is 2. The maximum absolute atomic E-state index is 11.9. The molecule has 0 aliphatic heterocycles. The van der Waals surface area contributed by atoms with Gasteiger partial charge >= 0.3 is 5.97 Å². The number of esters is 1. The molecular weight excluding hydrogens is 268 g/mol. The second-order valence-electron chi connectivity index (χ2n) is 5.16. The van der Waals surface area contributed by atoms with E-state index >= 15 is 0 Å². The molecule has 0 spiro atoms. The van der Waals surface area contributed by atoms with Crippen LogP contribution in [0.2, 0.25) is 0 Å². The molecule has 2 N–H and O–H groups in total. The van der Waals surface area contributed by atoms with Gasteiger partial charge in [0.15, 0.2) is 0 Å². The fourth-order valence-corrected chi connectivity index (χ4v) is 1.91. The second kappa shape index (κ2) is 8.29. The molecule has 0 heterocycles. The minimum Gasteiger partial charge on any atom is -0.462 e. The van der Waals surface area contributed by atoms with Crippen LogP contribution in [0.1, 0.15) is 44.5 Å². The highest BCUT2D eigenvalue weighted by molar-refractivity contribution is 5.98. The van der Waals surface area contributed by atoms with Crippen molar-refractivity contribution in [2.45, 2.75) is 34.1 Å². The van der Waals surface area contributed by atoms with E-state index < -0.39 is 0 Å². The number of nitrogens with one attached hydrogen (secondary N) is 2. The van der Waals surface area contributed by atoms with Crippen LogP contribution < -0.4 is 10.6 Å². The smallest absolute Gasteiger partial charge is 0.338 e. The standard InChI is InChI=1S/C16H24N2O3/c1-5-17-13-8-7-12(16(20)21-6-2)10-14(13)18-15(19)9-11(3)4/h7-8,10-11,17H,5-6,9H2,1-4H3,(H,18,19). The molecule has 0 saturated heterocycles. The number of amides is 1. The Hall–Kier alpha value is -2.04. The summed E-state index contributed by atoms with van der Waals surface area (Å²) in [4.78, 5) is 23.7. The molecule has 0 saturated carbocycles. The van der Waals surface area contributed by atoms with Gasteiger partial charge in [0.05, 0.1) is 23.5 Å². The first-order chi connectivity index (χ1) is 9.97. The zero-order valence-electron chi connectivity index (χ0n) is 13.2. The highest BCUT2D eigenvalue weighted by Crippen LogP contribution is 2.24. The Morgan fingerprint density at radius 1 is 1.19 bits per heavy atom. The number of carbonyl (C=O) groups is 2. The lowest BCUT2D eigenvalue weighted by Crippen LogP contribution is -2.16. The van der Waals surface area contributed by atoms with Crippen LogP contribution >= 0.6 is 0 Å². The van der Waals surface area contributed by atoms with Crippen molar-refractivity contribution in [1.29, 1.82) is 0 Å².